The van der Waals surface area contributed by atoms with Crippen molar-refractivity contribution < 1.29 is 20.5 Å². The van der Waals surface area contributed by atoms with Gasteiger partial charge in [0.05, 0.1) is 23.8 Å². The standard InChI is InChI=1S/C13H20Cl2N2O2/c1-9(18)7-16-3-4-17-8-10-5-11(14)6-12(15)13(10)19-2/h5-6,9,16-18H,3-4,7-8H2,1-2H3/p+2/t9-/m1/s1. The first kappa shape index (κ1) is 16.5. The van der Waals surface area contributed by atoms with E-state index in [-0.39, 0.29) is 6.10 Å². The normalized spacial score (nSPS) is 12.5. The molecule has 0 fully saturated rings. The van der Waals surface area contributed by atoms with Crippen molar-refractivity contribution in [3.63, 3.8) is 0 Å². The van der Waals surface area contributed by atoms with Gasteiger partial charge in [0, 0.05) is 5.02 Å². The van der Waals surface area contributed by atoms with Crippen molar-refractivity contribution in [2.24, 2.45) is 0 Å². The number of ether oxygens (including phenoxy) is 1. The van der Waals surface area contributed by atoms with Gasteiger partial charge in [-0.25, -0.2) is 0 Å². The number of quaternary nitrogens is 2. The Morgan fingerprint density at radius 2 is 1.95 bits per heavy atom. The minimum absolute atomic E-state index is 0.258. The van der Waals surface area contributed by atoms with E-state index in [0.29, 0.717) is 15.8 Å². The average Bonchev–Trinajstić information content (AvgIpc) is 2.32. The van der Waals surface area contributed by atoms with Gasteiger partial charge in [-0.2, -0.15) is 0 Å². The average molecular weight is 309 g/mol. The molecule has 1 atom stereocenters. The second-order valence-corrected chi connectivity index (χ2v) is 5.37. The summed E-state index contributed by atoms with van der Waals surface area (Å²) in [6.45, 7) is 5.21. The molecule has 1 rings (SSSR count). The van der Waals surface area contributed by atoms with Crippen molar-refractivity contribution in [3.8, 4) is 5.75 Å². The lowest BCUT2D eigenvalue weighted by Gasteiger charge is -2.10. The summed E-state index contributed by atoms with van der Waals surface area (Å²) in [7, 11) is 1.61. The van der Waals surface area contributed by atoms with Gasteiger partial charge in [-0.15, -0.1) is 0 Å². The van der Waals surface area contributed by atoms with Gasteiger partial charge < -0.3 is 20.5 Å². The van der Waals surface area contributed by atoms with Gasteiger partial charge in [-0.05, 0) is 19.1 Å². The van der Waals surface area contributed by atoms with Crippen LogP contribution in [0, 0.1) is 0 Å². The SMILES string of the molecule is COc1c(Cl)cc(Cl)cc1C[NH2+]CC[NH2+]C[C@@H](C)O. The zero-order valence-corrected chi connectivity index (χ0v) is 12.8. The van der Waals surface area contributed by atoms with Crippen LogP contribution in [0.4, 0.5) is 0 Å². The molecule has 0 aliphatic carbocycles. The zero-order valence-electron chi connectivity index (χ0n) is 11.3. The molecule has 0 aromatic heterocycles. The lowest BCUT2D eigenvalue weighted by atomic mass is 10.2. The third-order valence-corrected chi connectivity index (χ3v) is 3.24. The number of benzene rings is 1. The van der Waals surface area contributed by atoms with E-state index in [2.05, 4.69) is 10.6 Å². The largest absolute Gasteiger partial charge is 0.495 e. The Labute approximate surface area is 124 Å². The molecule has 1 aromatic carbocycles. The Kier molecular flexibility index (Phi) is 7.49. The molecule has 0 spiro atoms. The monoisotopic (exact) mass is 308 g/mol. The third kappa shape index (κ3) is 5.97. The molecule has 4 nitrogen and oxygen atoms in total. The summed E-state index contributed by atoms with van der Waals surface area (Å²) >= 11 is 12.1. The lowest BCUT2D eigenvalue weighted by Crippen LogP contribution is -2.95. The predicted octanol–water partition coefficient (Wildman–Crippen LogP) is 0.00960. The van der Waals surface area contributed by atoms with E-state index in [0.717, 1.165) is 31.7 Å². The van der Waals surface area contributed by atoms with Crippen molar-refractivity contribution >= 4 is 23.2 Å². The van der Waals surface area contributed by atoms with Crippen molar-refractivity contribution in [1.82, 2.24) is 0 Å². The highest BCUT2D eigenvalue weighted by Crippen LogP contribution is 2.31. The van der Waals surface area contributed by atoms with Crippen molar-refractivity contribution in [1.29, 1.82) is 0 Å². The summed E-state index contributed by atoms with van der Waals surface area (Å²) in [6, 6.07) is 3.56. The molecule has 0 bridgehead atoms. The van der Waals surface area contributed by atoms with E-state index in [4.69, 9.17) is 33.0 Å². The molecule has 0 saturated carbocycles. The summed E-state index contributed by atoms with van der Waals surface area (Å²) in [5.41, 5.74) is 0.996. The van der Waals surface area contributed by atoms with E-state index in [9.17, 15) is 0 Å². The van der Waals surface area contributed by atoms with Crippen molar-refractivity contribution in [2.45, 2.75) is 19.6 Å². The van der Waals surface area contributed by atoms with Crippen LogP contribution < -0.4 is 15.4 Å². The fraction of sp³-hybridized carbons (Fsp3) is 0.538. The predicted molar refractivity (Wildman–Crippen MR) is 76.9 cm³/mol. The minimum Gasteiger partial charge on any atom is -0.495 e. The lowest BCUT2D eigenvalue weighted by molar-refractivity contribution is -0.733. The number of nitrogens with two attached hydrogens (primary N) is 2. The van der Waals surface area contributed by atoms with Gasteiger partial charge >= 0.3 is 0 Å². The highest BCUT2D eigenvalue weighted by Gasteiger charge is 2.11. The number of aliphatic hydroxyl groups excluding tert-OH is 1. The zero-order chi connectivity index (χ0) is 14.3. The smallest absolute Gasteiger partial charge is 0.146 e. The Balaban J connectivity index is 2.40. The quantitative estimate of drug-likeness (QED) is 0.593. The molecule has 0 saturated heterocycles. The molecule has 0 radical (unpaired) electrons. The van der Waals surface area contributed by atoms with Crippen LogP contribution >= 0.6 is 23.2 Å². The van der Waals surface area contributed by atoms with E-state index in [1.807, 2.05) is 6.07 Å². The van der Waals surface area contributed by atoms with Gasteiger partial charge in [0.1, 0.15) is 31.9 Å². The topological polar surface area (TPSA) is 62.7 Å². The molecular formula is C13H22Cl2N2O2+2. The van der Waals surface area contributed by atoms with Crippen LogP contribution in [0.25, 0.3) is 0 Å². The second-order valence-electron chi connectivity index (χ2n) is 4.52. The molecule has 0 aliphatic heterocycles. The van der Waals surface area contributed by atoms with Gasteiger partial charge in [0.15, 0.2) is 0 Å². The molecule has 5 N–H and O–H groups in total. The maximum atomic E-state index is 9.13. The Hall–Kier alpha value is -0.520. The maximum absolute atomic E-state index is 9.13. The molecular weight excluding hydrogens is 287 g/mol. The first-order chi connectivity index (χ1) is 9.04. The van der Waals surface area contributed by atoms with Crippen LogP contribution in [0.2, 0.25) is 10.0 Å². The maximum Gasteiger partial charge on any atom is 0.146 e. The second kappa shape index (κ2) is 8.61. The third-order valence-electron chi connectivity index (χ3n) is 2.74. The number of hydrogen-bond donors (Lipinski definition) is 3. The van der Waals surface area contributed by atoms with Crippen LogP contribution in [0.15, 0.2) is 12.1 Å². The summed E-state index contributed by atoms with van der Waals surface area (Å²) in [6.07, 6.45) is -0.258. The summed E-state index contributed by atoms with van der Waals surface area (Å²) in [5.74, 6) is 0.690. The Morgan fingerprint density at radius 1 is 1.26 bits per heavy atom. The molecule has 0 heterocycles. The molecule has 19 heavy (non-hydrogen) atoms. The highest BCUT2D eigenvalue weighted by atomic mass is 35.5. The molecule has 1 aromatic rings. The first-order valence-electron chi connectivity index (χ1n) is 6.38. The van der Waals surface area contributed by atoms with Gasteiger partial charge in [-0.1, -0.05) is 23.2 Å². The summed E-state index contributed by atoms with van der Waals surface area (Å²) < 4.78 is 5.29. The van der Waals surface area contributed by atoms with Crippen LogP contribution in [0.5, 0.6) is 5.75 Å². The Morgan fingerprint density at radius 3 is 2.58 bits per heavy atom. The fourth-order valence-electron chi connectivity index (χ4n) is 1.85. The number of methoxy groups -OCH3 is 1. The molecule has 108 valence electrons. The number of rotatable bonds is 8. The van der Waals surface area contributed by atoms with E-state index >= 15 is 0 Å². The number of aliphatic hydroxyl groups is 1. The van der Waals surface area contributed by atoms with Crippen LogP contribution in [-0.4, -0.2) is 38.0 Å². The number of halogens is 2. The summed E-state index contributed by atoms with van der Waals surface area (Å²) in [5, 5.41) is 14.6. The highest BCUT2D eigenvalue weighted by molar-refractivity contribution is 6.35. The molecule has 0 aliphatic rings. The van der Waals surface area contributed by atoms with E-state index in [1.54, 1.807) is 20.1 Å². The van der Waals surface area contributed by atoms with Gasteiger partial charge in [0.25, 0.3) is 0 Å². The van der Waals surface area contributed by atoms with Crippen molar-refractivity contribution in [2.75, 3.05) is 26.7 Å². The molecule has 0 amide bonds. The van der Waals surface area contributed by atoms with Crippen LogP contribution in [0.1, 0.15) is 12.5 Å². The van der Waals surface area contributed by atoms with Gasteiger partial charge in [0.2, 0.25) is 0 Å². The fourth-order valence-corrected chi connectivity index (χ4v) is 2.46. The first-order valence-corrected chi connectivity index (χ1v) is 7.13. The van der Waals surface area contributed by atoms with Crippen molar-refractivity contribution in [3.05, 3.63) is 27.7 Å². The molecule has 6 heteroatoms. The van der Waals surface area contributed by atoms with E-state index < -0.39 is 0 Å². The van der Waals surface area contributed by atoms with E-state index in [1.165, 1.54) is 0 Å². The number of hydrogen-bond acceptors (Lipinski definition) is 2. The van der Waals surface area contributed by atoms with Crippen LogP contribution in [-0.2, 0) is 6.54 Å². The Bertz CT molecular complexity index is 400. The van der Waals surface area contributed by atoms with Crippen LogP contribution in [0.3, 0.4) is 0 Å². The van der Waals surface area contributed by atoms with Gasteiger partial charge in [-0.3, -0.25) is 0 Å². The summed E-state index contributed by atoms with van der Waals surface area (Å²) in [4.78, 5) is 0. The molecule has 0 unspecified atom stereocenters. The minimum atomic E-state index is -0.258.